The third kappa shape index (κ3) is 9.09. The Hall–Kier alpha value is -3.86. The third-order valence-corrected chi connectivity index (χ3v) is 16.0. The summed E-state index contributed by atoms with van der Waals surface area (Å²) in [5, 5.41) is 32.1. The van der Waals surface area contributed by atoms with E-state index >= 15 is 0 Å². The normalized spacial score (nSPS) is 22.3. The number of rotatable bonds is 14. The predicted octanol–water partition coefficient (Wildman–Crippen LogP) is 7.99. The Bertz CT molecular complexity index is 2700. The van der Waals surface area contributed by atoms with Crippen molar-refractivity contribution in [1.82, 2.24) is 49.3 Å². The van der Waals surface area contributed by atoms with E-state index in [0.29, 0.717) is 50.3 Å². The van der Waals surface area contributed by atoms with Crippen LogP contribution in [-0.4, -0.2) is 138 Å². The lowest BCUT2D eigenvalue weighted by atomic mass is 9.75. The maximum Gasteiger partial charge on any atom is 0.179 e. The van der Waals surface area contributed by atoms with Gasteiger partial charge in [-0.25, -0.2) is 29.3 Å². The topological polar surface area (TPSA) is 141 Å². The first-order valence-corrected chi connectivity index (χ1v) is 25.0. The molecule has 0 spiro atoms. The molecule has 18 heteroatoms. The van der Waals surface area contributed by atoms with Crippen LogP contribution in [0.3, 0.4) is 0 Å². The van der Waals surface area contributed by atoms with E-state index in [-0.39, 0.29) is 31.2 Å². The second-order valence-electron chi connectivity index (χ2n) is 19.2. The van der Waals surface area contributed by atoms with Crippen LogP contribution >= 0.6 is 46.4 Å². The second-order valence-corrected chi connectivity index (χ2v) is 20.9. The Morgan fingerprint density at radius 2 is 1.20 bits per heavy atom. The quantitative estimate of drug-likeness (QED) is 0.109. The predicted molar refractivity (Wildman–Crippen MR) is 262 cm³/mol. The highest BCUT2D eigenvalue weighted by atomic mass is 35.5. The molecule has 10 rings (SSSR count). The molecule has 4 aromatic heterocycles. The molecule has 4 fully saturated rings. The van der Waals surface area contributed by atoms with Gasteiger partial charge in [-0.1, -0.05) is 58.5 Å². The summed E-state index contributed by atoms with van der Waals surface area (Å²) in [5.41, 5.74) is 6.55. The van der Waals surface area contributed by atoms with Crippen LogP contribution < -0.4 is 9.80 Å². The van der Waals surface area contributed by atoms with E-state index < -0.39 is 0 Å². The fourth-order valence-electron chi connectivity index (χ4n) is 11.3. The summed E-state index contributed by atoms with van der Waals surface area (Å²) in [4.78, 5) is 29.8. The molecule has 4 saturated heterocycles. The van der Waals surface area contributed by atoms with E-state index in [1.807, 2.05) is 61.3 Å². The summed E-state index contributed by atoms with van der Waals surface area (Å²) in [6.07, 6.45) is 7.99. The van der Waals surface area contributed by atoms with Crippen molar-refractivity contribution in [3.05, 3.63) is 91.4 Å². The highest BCUT2D eigenvalue weighted by Gasteiger charge is 2.41. The van der Waals surface area contributed by atoms with E-state index in [1.54, 1.807) is 6.07 Å². The number of halogens is 4. The maximum absolute atomic E-state index is 10.2. The summed E-state index contributed by atoms with van der Waals surface area (Å²) in [6.45, 7) is 15.2. The zero-order chi connectivity index (χ0) is 45.8. The summed E-state index contributed by atoms with van der Waals surface area (Å²) in [6, 6.07) is 10.9. The Morgan fingerprint density at radius 1 is 0.652 bits per heavy atom. The molecule has 4 aliphatic rings. The van der Waals surface area contributed by atoms with Crippen molar-refractivity contribution >= 4 is 80.4 Å². The fourth-order valence-corrected chi connectivity index (χ4v) is 12.4. The van der Waals surface area contributed by atoms with Gasteiger partial charge in [-0.3, -0.25) is 0 Å². The lowest BCUT2D eigenvalue weighted by molar-refractivity contribution is 0.0603. The number of aromatic nitrogens is 8. The van der Waals surface area contributed by atoms with Gasteiger partial charge >= 0.3 is 0 Å². The van der Waals surface area contributed by atoms with Crippen LogP contribution in [0.4, 0.5) is 11.6 Å². The van der Waals surface area contributed by atoms with Gasteiger partial charge in [-0.2, -0.15) is 10.2 Å². The smallest absolute Gasteiger partial charge is 0.179 e. The Labute approximate surface area is 405 Å². The van der Waals surface area contributed by atoms with Gasteiger partial charge in [0.05, 0.1) is 49.1 Å². The summed E-state index contributed by atoms with van der Waals surface area (Å²) < 4.78 is 3.98. The number of aliphatic hydroxyl groups is 2. The van der Waals surface area contributed by atoms with Gasteiger partial charge in [0, 0.05) is 79.0 Å². The molecule has 0 radical (unpaired) electrons. The van der Waals surface area contributed by atoms with E-state index in [2.05, 4.69) is 31.2 Å². The van der Waals surface area contributed by atoms with Crippen LogP contribution in [0.15, 0.2) is 48.8 Å². The minimum Gasteiger partial charge on any atom is -0.395 e. The molecule has 350 valence electrons. The standard InChI is InChI=1S/C48H58Cl4N12O2/c1-28-45-47(63(57-28)30(3)38-8-6-36(49)17-40(38)51)55-43(19-53-45)62-26-35(27-62)33-15-31(21-60(23-33)12-14-66)16-42(39-9-7-37(50)18-41(39)52)64-48-46(29(2)58-64)54-20-44(56-48)61-24-34(25-61)32-5-4-10-59(22-32)11-13-65/h6-9,17-20,30-35,42,65-66H,4-5,10-16,21-27H2,1-3H3/t30-,31?,32-,33+,42-/m1/s1. The minimum atomic E-state index is -0.225. The zero-order valence-corrected chi connectivity index (χ0v) is 40.8. The number of fused-ring (bicyclic) bond motifs is 2. The minimum absolute atomic E-state index is 0.103. The molecule has 2 aromatic carbocycles. The van der Waals surface area contributed by atoms with Crippen molar-refractivity contribution in [2.24, 2.45) is 29.6 Å². The van der Waals surface area contributed by atoms with Crippen molar-refractivity contribution in [3.63, 3.8) is 0 Å². The van der Waals surface area contributed by atoms with Crippen LogP contribution in [0.2, 0.25) is 20.1 Å². The number of piperidine rings is 2. The van der Waals surface area contributed by atoms with Crippen molar-refractivity contribution in [2.45, 2.75) is 58.5 Å². The van der Waals surface area contributed by atoms with E-state index in [1.165, 1.54) is 12.8 Å². The molecule has 0 saturated carbocycles. The van der Waals surface area contributed by atoms with Gasteiger partial charge in [-0.15, -0.1) is 0 Å². The summed E-state index contributed by atoms with van der Waals surface area (Å²) in [7, 11) is 0. The number of aryl methyl sites for hydroxylation is 2. The van der Waals surface area contributed by atoms with Crippen molar-refractivity contribution < 1.29 is 10.2 Å². The lowest BCUT2D eigenvalue weighted by Gasteiger charge is -2.49. The Kier molecular flexibility index (Phi) is 13.4. The van der Waals surface area contributed by atoms with Crippen LogP contribution in [0.5, 0.6) is 0 Å². The number of likely N-dealkylation sites (tertiary alicyclic amines) is 2. The maximum atomic E-state index is 10.2. The number of nitrogens with zero attached hydrogens (tertiary/aromatic N) is 12. The number of benzene rings is 2. The number of hydrogen-bond donors (Lipinski definition) is 2. The Balaban J connectivity index is 0.880. The average Bonchev–Trinajstić information content (AvgIpc) is 3.77. The molecule has 6 aromatic rings. The number of aliphatic hydroxyl groups excluding tert-OH is 2. The van der Waals surface area contributed by atoms with Crippen molar-refractivity contribution in [3.8, 4) is 0 Å². The van der Waals surface area contributed by atoms with Crippen LogP contribution in [0, 0.1) is 43.4 Å². The van der Waals surface area contributed by atoms with Crippen LogP contribution in [0.25, 0.3) is 22.3 Å². The summed E-state index contributed by atoms with van der Waals surface area (Å²) >= 11 is 26.5. The van der Waals surface area contributed by atoms with E-state index in [4.69, 9.17) is 76.5 Å². The van der Waals surface area contributed by atoms with Gasteiger partial charge in [-0.05, 0) is 118 Å². The molecule has 0 aliphatic carbocycles. The van der Waals surface area contributed by atoms with Gasteiger partial charge < -0.3 is 29.8 Å². The molecule has 1 unspecified atom stereocenters. The van der Waals surface area contributed by atoms with Crippen molar-refractivity contribution in [2.75, 3.05) is 88.5 Å². The molecule has 2 N–H and O–H groups in total. The van der Waals surface area contributed by atoms with Gasteiger partial charge in [0.1, 0.15) is 22.7 Å². The van der Waals surface area contributed by atoms with E-state index in [9.17, 15) is 10.2 Å². The van der Waals surface area contributed by atoms with E-state index in [0.717, 1.165) is 128 Å². The monoisotopic (exact) mass is 974 g/mol. The first kappa shape index (κ1) is 45.9. The van der Waals surface area contributed by atoms with Gasteiger partial charge in [0.25, 0.3) is 0 Å². The van der Waals surface area contributed by atoms with Gasteiger partial charge in [0.2, 0.25) is 0 Å². The first-order chi connectivity index (χ1) is 31.9. The number of β-amino-alcohol motifs (C(OH)–C–C–N with tert-alkyl or cyclic N) is 2. The molecule has 4 aliphatic heterocycles. The Morgan fingerprint density at radius 3 is 1.80 bits per heavy atom. The molecular weight excluding hydrogens is 918 g/mol. The van der Waals surface area contributed by atoms with Crippen LogP contribution in [-0.2, 0) is 0 Å². The fraction of sp³-hybridized carbons (Fsp3) is 0.542. The molecule has 8 heterocycles. The van der Waals surface area contributed by atoms with Crippen molar-refractivity contribution in [1.29, 1.82) is 0 Å². The summed E-state index contributed by atoms with van der Waals surface area (Å²) in [5.74, 6) is 4.06. The molecule has 0 amide bonds. The lowest BCUT2D eigenvalue weighted by Crippen LogP contribution is -2.55. The third-order valence-electron chi connectivity index (χ3n) is 14.9. The SMILES string of the molecule is Cc1nn([C@H](C)c2ccc(Cl)cc2Cl)c2nc(N3CC([C@H]4CC(C[C@H](c5ccc(Cl)cc5Cl)n5nc(C)c6ncc(N7CC([C@@H]8CCCN(CCO)C8)C7)nc65)CN(CCO)C4)C3)cnc12. The molecule has 14 nitrogen and oxygen atoms in total. The molecule has 66 heavy (non-hydrogen) atoms. The molecule has 0 bridgehead atoms. The number of hydrogen-bond acceptors (Lipinski definition) is 12. The highest BCUT2D eigenvalue weighted by molar-refractivity contribution is 6.35. The highest BCUT2D eigenvalue weighted by Crippen LogP contribution is 2.42. The second kappa shape index (κ2) is 19.3. The molecule has 5 atom stereocenters. The largest absolute Gasteiger partial charge is 0.395 e. The zero-order valence-electron chi connectivity index (χ0n) is 37.7. The molecular formula is C48H58Cl4N12O2. The number of anilines is 2. The first-order valence-electron chi connectivity index (χ1n) is 23.4. The average molecular weight is 977 g/mol. The van der Waals surface area contributed by atoms with Gasteiger partial charge in [0.15, 0.2) is 11.3 Å². The van der Waals surface area contributed by atoms with Crippen LogP contribution in [0.1, 0.15) is 67.2 Å².